The maximum atomic E-state index is 12.7. The minimum Gasteiger partial charge on any atom is -0.465 e. The summed E-state index contributed by atoms with van der Waals surface area (Å²) < 4.78 is 6.71. The van der Waals surface area contributed by atoms with Crippen molar-refractivity contribution in [3.8, 4) is 0 Å². The Kier molecular flexibility index (Phi) is 5.41. The molecule has 2 aromatic rings. The number of para-hydroxylation sites is 1. The van der Waals surface area contributed by atoms with E-state index in [4.69, 9.17) is 4.74 Å². The third kappa shape index (κ3) is 3.86. The summed E-state index contributed by atoms with van der Waals surface area (Å²) >= 11 is 0. The monoisotopic (exact) mass is 342 g/mol. The van der Waals surface area contributed by atoms with E-state index in [-0.39, 0.29) is 18.4 Å². The molecule has 0 bridgehead atoms. The van der Waals surface area contributed by atoms with Crippen LogP contribution in [0.4, 0.5) is 0 Å². The lowest BCUT2D eigenvalue weighted by Gasteiger charge is -2.27. The molecule has 1 aliphatic rings. The lowest BCUT2D eigenvalue weighted by molar-refractivity contribution is -0.131. The second-order valence-corrected chi connectivity index (χ2v) is 6.96. The van der Waals surface area contributed by atoms with E-state index in [1.54, 1.807) is 6.20 Å². The first-order chi connectivity index (χ1) is 12.1. The molecule has 1 saturated carbocycles. The molecule has 0 N–H and O–H groups in total. The smallest absolute Gasteiger partial charge is 0.340 e. The van der Waals surface area contributed by atoms with E-state index in [1.165, 1.54) is 39.2 Å². The normalized spacial score (nSPS) is 15.3. The van der Waals surface area contributed by atoms with Crippen LogP contribution in [-0.4, -0.2) is 42.0 Å². The van der Waals surface area contributed by atoms with Crippen molar-refractivity contribution in [3.05, 3.63) is 36.0 Å². The fourth-order valence-electron chi connectivity index (χ4n) is 3.78. The molecular weight excluding hydrogens is 316 g/mol. The van der Waals surface area contributed by atoms with Gasteiger partial charge < -0.3 is 14.2 Å². The summed E-state index contributed by atoms with van der Waals surface area (Å²) in [5.74, 6) is 0.315. The molecular formula is C20H26N2O3. The number of methoxy groups -OCH3 is 1. The van der Waals surface area contributed by atoms with Gasteiger partial charge in [-0.2, -0.15) is 0 Å². The van der Waals surface area contributed by atoms with Gasteiger partial charge in [0, 0.05) is 30.7 Å². The van der Waals surface area contributed by atoms with Crippen LogP contribution in [0.2, 0.25) is 0 Å². The largest absolute Gasteiger partial charge is 0.465 e. The van der Waals surface area contributed by atoms with Crippen molar-refractivity contribution in [1.82, 2.24) is 9.47 Å². The number of amides is 1. The van der Waals surface area contributed by atoms with E-state index in [1.807, 2.05) is 40.8 Å². The summed E-state index contributed by atoms with van der Waals surface area (Å²) in [5.41, 5.74) is 1.38. The summed E-state index contributed by atoms with van der Waals surface area (Å²) in [6, 6.07) is 7.61. The highest BCUT2D eigenvalue weighted by molar-refractivity contribution is 6.04. The number of esters is 1. The van der Waals surface area contributed by atoms with E-state index < -0.39 is 0 Å². The number of nitrogens with zero attached hydrogens (tertiary/aromatic N) is 2. The molecule has 1 heterocycles. The molecule has 3 rings (SSSR count). The fourth-order valence-corrected chi connectivity index (χ4v) is 3.78. The molecule has 1 fully saturated rings. The molecule has 1 aromatic carbocycles. The maximum absolute atomic E-state index is 12.7. The van der Waals surface area contributed by atoms with Gasteiger partial charge >= 0.3 is 5.97 Å². The number of rotatable bonds is 5. The van der Waals surface area contributed by atoms with Crippen molar-refractivity contribution >= 4 is 22.8 Å². The number of fused-ring (bicyclic) bond motifs is 1. The molecule has 134 valence electrons. The summed E-state index contributed by atoms with van der Waals surface area (Å²) in [4.78, 5) is 26.5. The minimum absolute atomic E-state index is 0.0720. The number of carbonyl (C=O) groups is 2. The van der Waals surface area contributed by atoms with Crippen LogP contribution in [0.5, 0.6) is 0 Å². The Morgan fingerprint density at radius 1 is 1.20 bits per heavy atom. The van der Waals surface area contributed by atoms with Gasteiger partial charge in [0.15, 0.2) is 0 Å². The Balaban J connectivity index is 1.75. The van der Waals surface area contributed by atoms with Gasteiger partial charge in [0.2, 0.25) is 5.91 Å². The first-order valence-corrected chi connectivity index (χ1v) is 9.00. The van der Waals surface area contributed by atoms with E-state index in [0.29, 0.717) is 11.5 Å². The van der Waals surface area contributed by atoms with Crippen LogP contribution in [0.3, 0.4) is 0 Å². The average molecular weight is 342 g/mol. The highest BCUT2D eigenvalue weighted by atomic mass is 16.5. The Morgan fingerprint density at radius 2 is 1.92 bits per heavy atom. The molecule has 0 radical (unpaired) electrons. The zero-order chi connectivity index (χ0) is 17.8. The van der Waals surface area contributed by atoms with Crippen molar-refractivity contribution in [2.45, 2.75) is 38.6 Å². The van der Waals surface area contributed by atoms with Crippen LogP contribution in [0.15, 0.2) is 30.5 Å². The standard InChI is InChI=1S/C20H26N2O3/c1-21(12-15-8-4-3-5-9-15)19(23)14-22-13-17(20(24)25-2)16-10-6-7-11-18(16)22/h6-7,10-11,13,15H,3-5,8-9,12,14H2,1-2H3. The Morgan fingerprint density at radius 3 is 2.64 bits per heavy atom. The zero-order valence-corrected chi connectivity index (χ0v) is 15.0. The Labute approximate surface area is 148 Å². The van der Waals surface area contributed by atoms with E-state index in [0.717, 1.165) is 17.4 Å². The number of benzene rings is 1. The molecule has 0 atom stereocenters. The van der Waals surface area contributed by atoms with Crippen molar-refractivity contribution in [2.24, 2.45) is 5.92 Å². The van der Waals surface area contributed by atoms with Gasteiger partial charge in [0.25, 0.3) is 0 Å². The number of hydrogen-bond donors (Lipinski definition) is 0. The lowest BCUT2D eigenvalue weighted by Crippen LogP contribution is -2.34. The molecule has 5 nitrogen and oxygen atoms in total. The van der Waals surface area contributed by atoms with Gasteiger partial charge in [-0.25, -0.2) is 4.79 Å². The molecule has 0 saturated heterocycles. The average Bonchev–Trinajstić information content (AvgIpc) is 3.00. The van der Waals surface area contributed by atoms with Gasteiger partial charge in [-0.15, -0.1) is 0 Å². The third-order valence-corrected chi connectivity index (χ3v) is 5.18. The molecule has 25 heavy (non-hydrogen) atoms. The van der Waals surface area contributed by atoms with Crippen molar-refractivity contribution in [2.75, 3.05) is 20.7 Å². The molecule has 0 unspecified atom stereocenters. The van der Waals surface area contributed by atoms with Crippen LogP contribution in [-0.2, 0) is 16.1 Å². The number of aromatic nitrogens is 1. The van der Waals surface area contributed by atoms with E-state index >= 15 is 0 Å². The topological polar surface area (TPSA) is 51.5 Å². The van der Waals surface area contributed by atoms with E-state index in [2.05, 4.69) is 0 Å². The fraction of sp³-hybridized carbons (Fsp3) is 0.500. The number of hydrogen-bond acceptors (Lipinski definition) is 3. The first-order valence-electron chi connectivity index (χ1n) is 9.00. The summed E-state index contributed by atoms with van der Waals surface area (Å²) in [6.45, 7) is 1.06. The van der Waals surface area contributed by atoms with Crippen LogP contribution >= 0.6 is 0 Å². The minimum atomic E-state index is -0.377. The maximum Gasteiger partial charge on any atom is 0.340 e. The zero-order valence-electron chi connectivity index (χ0n) is 15.0. The van der Waals surface area contributed by atoms with Gasteiger partial charge in [0.05, 0.1) is 12.7 Å². The van der Waals surface area contributed by atoms with Crippen LogP contribution in [0.1, 0.15) is 42.5 Å². The number of likely N-dealkylation sites (N-methyl/N-ethyl adjacent to an activating group) is 1. The first kappa shape index (κ1) is 17.5. The van der Waals surface area contributed by atoms with Gasteiger partial charge in [0.1, 0.15) is 6.54 Å². The number of carbonyl (C=O) groups excluding carboxylic acids is 2. The van der Waals surface area contributed by atoms with E-state index in [9.17, 15) is 9.59 Å². The van der Waals surface area contributed by atoms with Gasteiger partial charge in [-0.05, 0) is 24.8 Å². The predicted molar refractivity (Wildman–Crippen MR) is 97.5 cm³/mol. The van der Waals surface area contributed by atoms with Crippen LogP contribution in [0, 0.1) is 5.92 Å². The Hall–Kier alpha value is -2.30. The highest BCUT2D eigenvalue weighted by Crippen LogP contribution is 2.25. The summed E-state index contributed by atoms with van der Waals surface area (Å²) in [6.07, 6.45) is 8.03. The molecule has 1 aliphatic carbocycles. The number of ether oxygens (including phenoxy) is 1. The molecule has 0 spiro atoms. The quantitative estimate of drug-likeness (QED) is 0.782. The second-order valence-electron chi connectivity index (χ2n) is 6.96. The van der Waals surface area contributed by atoms with Crippen LogP contribution < -0.4 is 0 Å². The molecule has 1 amide bonds. The second kappa shape index (κ2) is 7.72. The van der Waals surface area contributed by atoms with Gasteiger partial charge in [-0.3, -0.25) is 4.79 Å². The SMILES string of the molecule is COC(=O)c1cn(CC(=O)N(C)CC2CCCCC2)c2ccccc12. The summed E-state index contributed by atoms with van der Waals surface area (Å²) in [5, 5.41) is 0.817. The Bertz CT molecular complexity index is 759. The third-order valence-electron chi connectivity index (χ3n) is 5.18. The van der Waals surface area contributed by atoms with Crippen molar-refractivity contribution in [3.63, 3.8) is 0 Å². The van der Waals surface area contributed by atoms with Gasteiger partial charge in [-0.1, -0.05) is 37.5 Å². The van der Waals surface area contributed by atoms with Crippen molar-refractivity contribution < 1.29 is 14.3 Å². The summed E-state index contributed by atoms with van der Waals surface area (Å²) in [7, 11) is 3.25. The predicted octanol–water partition coefficient (Wildman–Crippen LogP) is 3.47. The molecule has 5 heteroatoms. The van der Waals surface area contributed by atoms with Crippen molar-refractivity contribution in [1.29, 1.82) is 0 Å². The molecule has 1 aromatic heterocycles. The lowest BCUT2D eigenvalue weighted by atomic mass is 9.89. The highest BCUT2D eigenvalue weighted by Gasteiger charge is 2.20. The molecule has 0 aliphatic heterocycles. The van der Waals surface area contributed by atoms with Crippen LogP contribution in [0.25, 0.3) is 10.9 Å².